The molecular weight excluding hydrogens is 330 g/mol. The van der Waals surface area contributed by atoms with Gasteiger partial charge in [0, 0.05) is 22.4 Å². The summed E-state index contributed by atoms with van der Waals surface area (Å²) in [5.41, 5.74) is 4.54. The highest BCUT2D eigenvalue weighted by atomic mass is 79.9. The maximum atomic E-state index is 13.8. The third kappa shape index (κ3) is 2.87. The molecule has 6 heteroatoms. The summed E-state index contributed by atoms with van der Waals surface area (Å²) < 4.78 is 27.8. The SMILES string of the molecule is CC(O)(c1cc(F)ccc1F)[C@H](N)c1cncc(Br)c1. The largest absolute Gasteiger partial charge is 0.383 e. The van der Waals surface area contributed by atoms with Crippen molar-refractivity contribution < 1.29 is 13.9 Å². The van der Waals surface area contributed by atoms with Crippen molar-refractivity contribution in [3.05, 3.63) is 63.9 Å². The van der Waals surface area contributed by atoms with Crippen LogP contribution in [0.2, 0.25) is 0 Å². The lowest BCUT2D eigenvalue weighted by atomic mass is 9.85. The molecule has 0 aliphatic carbocycles. The predicted octanol–water partition coefficient (Wildman–Crippen LogP) is 3.03. The average Bonchev–Trinajstić information content (AvgIpc) is 2.40. The van der Waals surface area contributed by atoms with Crippen LogP contribution in [-0.4, -0.2) is 10.1 Å². The summed E-state index contributed by atoms with van der Waals surface area (Å²) in [7, 11) is 0. The van der Waals surface area contributed by atoms with Crippen LogP contribution in [0.1, 0.15) is 24.1 Å². The second kappa shape index (κ2) is 5.55. The van der Waals surface area contributed by atoms with E-state index in [0.29, 0.717) is 10.0 Å². The first-order valence-electron chi connectivity index (χ1n) is 5.86. The summed E-state index contributed by atoms with van der Waals surface area (Å²) in [5.74, 6) is -1.35. The molecule has 0 spiro atoms. The fraction of sp³-hybridized carbons (Fsp3) is 0.214. The van der Waals surface area contributed by atoms with Crippen molar-refractivity contribution in [2.75, 3.05) is 0 Å². The Balaban J connectivity index is 2.46. The van der Waals surface area contributed by atoms with E-state index in [0.717, 1.165) is 18.2 Å². The molecule has 106 valence electrons. The molecule has 20 heavy (non-hydrogen) atoms. The van der Waals surface area contributed by atoms with E-state index in [1.54, 1.807) is 12.3 Å². The molecular formula is C14H13BrF2N2O. The molecule has 1 aromatic carbocycles. The molecule has 2 aromatic rings. The summed E-state index contributed by atoms with van der Waals surface area (Å²) in [5, 5.41) is 10.5. The molecule has 1 unspecified atom stereocenters. The van der Waals surface area contributed by atoms with Crippen LogP contribution < -0.4 is 5.73 Å². The number of hydrogen-bond acceptors (Lipinski definition) is 3. The van der Waals surface area contributed by atoms with Gasteiger partial charge < -0.3 is 10.8 Å². The van der Waals surface area contributed by atoms with E-state index in [1.807, 2.05) is 0 Å². The molecule has 0 saturated heterocycles. The smallest absolute Gasteiger partial charge is 0.129 e. The van der Waals surface area contributed by atoms with Crippen LogP contribution in [0, 0.1) is 11.6 Å². The molecule has 0 fully saturated rings. The van der Waals surface area contributed by atoms with E-state index in [9.17, 15) is 13.9 Å². The zero-order valence-corrected chi connectivity index (χ0v) is 12.2. The molecule has 1 heterocycles. The van der Waals surface area contributed by atoms with Crippen molar-refractivity contribution in [2.45, 2.75) is 18.6 Å². The van der Waals surface area contributed by atoms with Crippen LogP contribution in [-0.2, 0) is 5.60 Å². The lowest BCUT2D eigenvalue weighted by Gasteiger charge is -2.31. The molecule has 0 amide bonds. The van der Waals surface area contributed by atoms with Gasteiger partial charge in [0.2, 0.25) is 0 Å². The third-order valence-corrected chi connectivity index (χ3v) is 3.60. The summed E-state index contributed by atoms with van der Waals surface area (Å²) in [6, 6.07) is 3.61. The highest BCUT2D eigenvalue weighted by Gasteiger charge is 2.35. The van der Waals surface area contributed by atoms with Gasteiger partial charge >= 0.3 is 0 Å². The van der Waals surface area contributed by atoms with Crippen molar-refractivity contribution in [3.63, 3.8) is 0 Å². The van der Waals surface area contributed by atoms with E-state index in [2.05, 4.69) is 20.9 Å². The van der Waals surface area contributed by atoms with Gasteiger partial charge in [0.25, 0.3) is 0 Å². The van der Waals surface area contributed by atoms with Crippen molar-refractivity contribution >= 4 is 15.9 Å². The summed E-state index contributed by atoms with van der Waals surface area (Å²) in [6.07, 6.45) is 3.04. The second-order valence-electron chi connectivity index (χ2n) is 4.69. The molecule has 2 atom stereocenters. The molecule has 3 N–H and O–H groups in total. The lowest BCUT2D eigenvalue weighted by Crippen LogP contribution is -2.36. The van der Waals surface area contributed by atoms with Crippen LogP contribution in [0.4, 0.5) is 8.78 Å². The van der Waals surface area contributed by atoms with E-state index in [1.165, 1.54) is 13.1 Å². The number of benzene rings is 1. The molecule has 3 nitrogen and oxygen atoms in total. The summed E-state index contributed by atoms with van der Waals surface area (Å²) >= 11 is 3.25. The summed E-state index contributed by atoms with van der Waals surface area (Å²) in [4.78, 5) is 3.95. The van der Waals surface area contributed by atoms with Crippen LogP contribution in [0.3, 0.4) is 0 Å². The molecule has 0 aliphatic heterocycles. The molecule has 0 aliphatic rings. The van der Waals surface area contributed by atoms with Crippen LogP contribution in [0.15, 0.2) is 41.1 Å². The van der Waals surface area contributed by atoms with Crippen molar-refractivity contribution in [1.29, 1.82) is 0 Å². The minimum Gasteiger partial charge on any atom is -0.383 e. The number of rotatable bonds is 3. The standard InChI is InChI=1S/C14H13BrF2N2O/c1-14(20,11-5-10(16)2-3-12(11)17)13(18)8-4-9(15)7-19-6-8/h2-7,13,20H,18H2,1H3/t13-,14?/m1/s1. The van der Waals surface area contributed by atoms with Crippen molar-refractivity contribution in [3.8, 4) is 0 Å². The van der Waals surface area contributed by atoms with Crippen molar-refractivity contribution in [2.24, 2.45) is 5.73 Å². The molecule has 1 aromatic heterocycles. The van der Waals surface area contributed by atoms with Gasteiger partial charge in [-0.2, -0.15) is 0 Å². The topological polar surface area (TPSA) is 59.1 Å². The first-order valence-corrected chi connectivity index (χ1v) is 6.65. The molecule has 0 radical (unpaired) electrons. The zero-order chi connectivity index (χ0) is 14.9. The van der Waals surface area contributed by atoms with E-state index in [4.69, 9.17) is 5.73 Å². The molecule has 0 bridgehead atoms. The Hall–Kier alpha value is -1.37. The number of aromatic nitrogens is 1. The van der Waals surface area contributed by atoms with Gasteiger partial charge in [0.15, 0.2) is 0 Å². The fourth-order valence-electron chi connectivity index (χ4n) is 1.98. The van der Waals surface area contributed by atoms with Gasteiger partial charge in [-0.05, 0) is 52.7 Å². The number of nitrogens with zero attached hydrogens (tertiary/aromatic N) is 1. The van der Waals surface area contributed by atoms with Gasteiger partial charge in [-0.25, -0.2) is 8.78 Å². The first-order chi connectivity index (χ1) is 9.32. The highest BCUT2D eigenvalue weighted by Crippen LogP contribution is 2.35. The Labute approximate surface area is 123 Å². The van der Waals surface area contributed by atoms with E-state index in [-0.39, 0.29) is 5.56 Å². The van der Waals surface area contributed by atoms with Gasteiger partial charge in [-0.3, -0.25) is 4.98 Å². The number of nitrogens with two attached hydrogens (primary N) is 1. The Morgan fingerprint density at radius 1 is 1.30 bits per heavy atom. The number of aliphatic hydroxyl groups is 1. The maximum Gasteiger partial charge on any atom is 0.129 e. The van der Waals surface area contributed by atoms with Crippen LogP contribution in [0.25, 0.3) is 0 Å². The van der Waals surface area contributed by atoms with Crippen LogP contribution >= 0.6 is 15.9 Å². The van der Waals surface area contributed by atoms with Crippen molar-refractivity contribution in [1.82, 2.24) is 4.98 Å². The quantitative estimate of drug-likeness (QED) is 0.901. The van der Waals surface area contributed by atoms with Crippen LogP contribution in [0.5, 0.6) is 0 Å². The van der Waals surface area contributed by atoms with E-state index < -0.39 is 23.3 Å². The second-order valence-corrected chi connectivity index (χ2v) is 5.60. The maximum absolute atomic E-state index is 13.8. The summed E-state index contributed by atoms with van der Waals surface area (Å²) in [6.45, 7) is 1.34. The van der Waals surface area contributed by atoms with Gasteiger partial charge in [0.05, 0.1) is 6.04 Å². The van der Waals surface area contributed by atoms with Gasteiger partial charge in [0.1, 0.15) is 17.2 Å². The Morgan fingerprint density at radius 2 is 2.00 bits per heavy atom. The number of pyridine rings is 1. The predicted molar refractivity (Wildman–Crippen MR) is 74.8 cm³/mol. The highest BCUT2D eigenvalue weighted by molar-refractivity contribution is 9.10. The van der Waals surface area contributed by atoms with Gasteiger partial charge in [-0.1, -0.05) is 0 Å². The Kier molecular flexibility index (Phi) is 4.17. The number of halogens is 3. The third-order valence-electron chi connectivity index (χ3n) is 3.16. The monoisotopic (exact) mass is 342 g/mol. The molecule has 0 saturated carbocycles. The van der Waals surface area contributed by atoms with E-state index >= 15 is 0 Å². The Morgan fingerprint density at radius 3 is 2.65 bits per heavy atom. The average molecular weight is 343 g/mol. The normalized spacial score (nSPS) is 15.7. The fourth-order valence-corrected chi connectivity index (χ4v) is 2.36. The first kappa shape index (κ1) is 15.0. The minimum atomic E-state index is -1.77. The Bertz CT molecular complexity index is 634. The minimum absolute atomic E-state index is 0.190. The van der Waals surface area contributed by atoms with Gasteiger partial charge in [-0.15, -0.1) is 0 Å². The lowest BCUT2D eigenvalue weighted by molar-refractivity contribution is 0.0243. The zero-order valence-electron chi connectivity index (χ0n) is 10.6. The molecule has 2 rings (SSSR count). The number of hydrogen-bond donors (Lipinski definition) is 2.